The number of nitrogens with two attached hydrogens (primary N) is 1. The molecule has 0 atom stereocenters. The molecule has 2 aromatic rings. The van der Waals surface area contributed by atoms with Gasteiger partial charge in [-0.15, -0.1) is 0 Å². The van der Waals surface area contributed by atoms with Gasteiger partial charge >= 0.3 is 6.03 Å². The fourth-order valence-corrected chi connectivity index (χ4v) is 2.80. The summed E-state index contributed by atoms with van der Waals surface area (Å²) in [6.45, 7) is 0.893. The van der Waals surface area contributed by atoms with Gasteiger partial charge in [0, 0.05) is 11.3 Å². The number of carbonyl (C=O) groups is 1. The molecule has 3 N–H and O–H groups in total. The van der Waals surface area contributed by atoms with Crippen LogP contribution in [0.1, 0.15) is 22.5 Å². The molecule has 0 bridgehead atoms. The van der Waals surface area contributed by atoms with Crippen molar-refractivity contribution in [2.24, 2.45) is 0 Å². The van der Waals surface area contributed by atoms with Gasteiger partial charge < -0.3 is 16.0 Å². The summed E-state index contributed by atoms with van der Waals surface area (Å²) in [7, 11) is 0. The molecule has 2 heterocycles. The van der Waals surface area contributed by atoms with Crippen LogP contribution < -0.4 is 11.1 Å². The molecule has 0 spiro atoms. The fraction of sp³-hybridized carbons (Fsp3) is 0.105. The zero-order chi connectivity index (χ0) is 17.2. The van der Waals surface area contributed by atoms with Gasteiger partial charge in [-0.3, -0.25) is 0 Å². The van der Waals surface area contributed by atoms with E-state index in [-0.39, 0.29) is 12.0 Å². The molecule has 1 aliphatic heterocycles. The summed E-state index contributed by atoms with van der Waals surface area (Å²) in [4.78, 5) is 22.7. The fourth-order valence-electron chi connectivity index (χ4n) is 2.80. The van der Waals surface area contributed by atoms with Crippen molar-refractivity contribution in [2.45, 2.75) is 13.1 Å². The first-order valence-electron chi connectivity index (χ1n) is 8.02. The number of aromatic nitrogens is 2. The van der Waals surface area contributed by atoms with Crippen LogP contribution in [-0.4, -0.2) is 20.9 Å². The minimum atomic E-state index is -0.148. The van der Waals surface area contributed by atoms with Crippen LogP contribution >= 0.6 is 0 Å². The number of carbonyl (C=O) groups excluding carboxylic acids is 1. The Morgan fingerprint density at radius 2 is 1.96 bits per heavy atom. The Hall–Kier alpha value is -3.41. The van der Waals surface area contributed by atoms with Gasteiger partial charge in [-0.25, -0.2) is 14.8 Å². The molecule has 0 saturated heterocycles. The number of nitrogen functional groups attached to an aromatic ring is 1. The second-order valence-electron chi connectivity index (χ2n) is 5.90. The van der Waals surface area contributed by atoms with Crippen molar-refractivity contribution in [3.63, 3.8) is 0 Å². The van der Waals surface area contributed by atoms with E-state index in [2.05, 4.69) is 15.3 Å². The van der Waals surface area contributed by atoms with E-state index in [1.54, 1.807) is 4.90 Å². The largest absolute Gasteiger partial charge is 0.368 e. The third-order valence-electron chi connectivity index (χ3n) is 4.15. The lowest BCUT2D eigenvalue weighted by Crippen LogP contribution is -2.36. The molecule has 0 unspecified atom stereocenters. The maximum Gasteiger partial charge on any atom is 0.322 e. The van der Waals surface area contributed by atoms with E-state index < -0.39 is 0 Å². The molecule has 0 fully saturated rings. The molecular formula is C19H17N5O. The summed E-state index contributed by atoms with van der Waals surface area (Å²) >= 11 is 0. The summed E-state index contributed by atoms with van der Waals surface area (Å²) in [5.74, 6) is 0.221. The van der Waals surface area contributed by atoms with E-state index in [1.165, 1.54) is 0 Å². The Balaban J connectivity index is 1.56. The minimum Gasteiger partial charge on any atom is -0.368 e. The molecule has 6 nitrogen and oxygen atoms in total. The van der Waals surface area contributed by atoms with Crippen molar-refractivity contribution in [1.29, 1.82) is 0 Å². The van der Waals surface area contributed by atoms with Gasteiger partial charge in [-0.2, -0.15) is 0 Å². The summed E-state index contributed by atoms with van der Waals surface area (Å²) in [5, 5.41) is 2.85. The molecular weight excluding hydrogens is 314 g/mol. The predicted octanol–water partition coefficient (Wildman–Crippen LogP) is 2.71. The molecule has 124 valence electrons. The van der Waals surface area contributed by atoms with Crippen molar-refractivity contribution in [1.82, 2.24) is 20.2 Å². The number of urea groups is 1. The maximum absolute atomic E-state index is 12.3. The van der Waals surface area contributed by atoms with Crippen LogP contribution in [0.2, 0.25) is 0 Å². The van der Waals surface area contributed by atoms with Crippen molar-refractivity contribution in [2.75, 3.05) is 5.73 Å². The van der Waals surface area contributed by atoms with E-state index in [9.17, 15) is 4.79 Å². The van der Waals surface area contributed by atoms with Gasteiger partial charge in [0.15, 0.2) is 0 Å². The first-order chi connectivity index (χ1) is 12.2. The average Bonchev–Trinajstić information content (AvgIpc) is 3.00. The topological polar surface area (TPSA) is 84.1 Å². The molecule has 2 amide bonds. The number of anilines is 1. The number of nitrogens with zero attached hydrogens (tertiary/aromatic N) is 3. The Morgan fingerprint density at radius 3 is 2.68 bits per heavy atom. The third kappa shape index (κ3) is 3.14. The number of amides is 2. The van der Waals surface area contributed by atoms with E-state index >= 15 is 0 Å². The smallest absolute Gasteiger partial charge is 0.322 e. The molecule has 1 aliphatic carbocycles. The van der Waals surface area contributed by atoms with Gasteiger partial charge in [0.2, 0.25) is 5.95 Å². The minimum absolute atomic E-state index is 0.148. The first kappa shape index (κ1) is 15.1. The van der Waals surface area contributed by atoms with Gasteiger partial charge in [-0.1, -0.05) is 42.5 Å². The highest BCUT2D eigenvalue weighted by molar-refractivity contribution is 5.79. The standard InChI is InChI=1S/C19H17N5O/c20-18-22-16(10-9-13-5-2-1-3-6-13)15-11-24(12-17(15)23-18)19(25)21-14-7-4-8-14/h1-10H,11-12H2,(H,21,25)(H2,20,22,23). The summed E-state index contributed by atoms with van der Waals surface area (Å²) in [6, 6.07) is 9.82. The Bertz CT molecular complexity index is 915. The summed E-state index contributed by atoms with van der Waals surface area (Å²) in [6.07, 6.45) is 9.49. The highest BCUT2D eigenvalue weighted by Gasteiger charge is 2.27. The van der Waals surface area contributed by atoms with E-state index in [4.69, 9.17) is 5.73 Å². The molecule has 0 saturated carbocycles. The molecule has 2 aliphatic rings. The molecule has 25 heavy (non-hydrogen) atoms. The number of fused-ring (bicyclic) bond motifs is 1. The van der Waals surface area contributed by atoms with Crippen molar-refractivity contribution >= 4 is 24.1 Å². The zero-order valence-corrected chi connectivity index (χ0v) is 13.5. The number of rotatable bonds is 3. The summed E-state index contributed by atoms with van der Waals surface area (Å²) < 4.78 is 0. The maximum atomic E-state index is 12.3. The number of allylic oxidation sites excluding steroid dienone is 3. The van der Waals surface area contributed by atoms with Crippen LogP contribution in [0, 0.1) is 0 Å². The lowest BCUT2D eigenvalue weighted by Gasteiger charge is -2.18. The number of hydrogen-bond acceptors (Lipinski definition) is 4. The van der Waals surface area contributed by atoms with Crippen LogP contribution in [0.25, 0.3) is 12.2 Å². The van der Waals surface area contributed by atoms with Crippen molar-refractivity contribution in [3.8, 4) is 0 Å². The first-order valence-corrected chi connectivity index (χ1v) is 8.02. The molecule has 4 rings (SSSR count). The van der Waals surface area contributed by atoms with Crippen molar-refractivity contribution < 1.29 is 4.79 Å². The van der Waals surface area contributed by atoms with Crippen LogP contribution in [0.4, 0.5) is 10.7 Å². The molecule has 1 aromatic carbocycles. The second-order valence-corrected chi connectivity index (χ2v) is 5.90. The highest BCUT2D eigenvalue weighted by atomic mass is 16.2. The van der Waals surface area contributed by atoms with E-state index in [0.717, 1.165) is 28.2 Å². The van der Waals surface area contributed by atoms with Crippen LogP contribution in [-0.2, 0) is 13.1 Å². The van der Waals surface area contributed by atoms with Gasteiger partial charge in [0.05, 0.1) is 24.5 Å². The van der Waals surface area contributed by atoms with Crippen molar-refractivity contribution in [3.05, 3.63) is 76.8 Å². The Labute approximate surface area is 145 Å². The zero-order valence-electron chi connectivity index (χ0n) is 13.5. The van der Waals surface area contributed by atoms with Gasteiger partial charge in [0.25, 0.3) is 0 Å². The van der Waals surface area contributed by atoms with E-state index in [0.29, 0.717) is 13.1 Å². The lowest BCUT2D eigenvalue weighted by atomic mass is 10.1. The van der Waals surface area contributed by atoms with Gasteiger partial charge in [0.1, 0.15) is 0 Å². The molecule has 1 aromatic heterocycles. The Kier molecular flexibility index (Phi) is 3.78. The second kappa shape index (κ2) is 6.24. The predicted molar refractivity (Wildman–Crippen MR) is 96.8 cm³/mol. The number of benzene rings is 1. The highest BCUT2D eigenvalue weighted by Crippen LogP contribution is 2.26. The third-order valence-corrected chi connectivity index (χ3v) is 4.15. The SMILES string of the molecule is Nc1nc(C=Cc2ccccc2)c2c(n1)CN(C(=O)NC1=CC=C1)C2. The van der Waals surface area contributed by atoms with Crippen LogP contribution in [0.3, 0.4) is 0 Å². The van der Waals surface area contributed by atoms with Crippen LogP contribution in [0.15, 0.2) is 54.3 Å². The monoisotopic (exact) mass is 331 g/mol. The number of nitrogens with one attached hydrogen (secondary N) is 1. The quantitative estimate of drug-likeness (QED) is 0.906. The molecule has 0 radical (unpaired) electrons. The van der Waals surface area contributed by atoms with Crippen LogP contribution in [0.5, 0.6) is 0 Å². The number of hydrogen-bond donors (Lipinski definition) is 2. The summed E-state index contributed by atoms with van der Waals surface area (Å²) in [5.41, 5.74) is 10.2. The van der Waals surface area contributed by atoms with Gasteiger partial charge in [-0.05, 0) is 23.8 Å². The lowest BCUT2D eigenvalue weighted by molar-refractivity contribution is 0.201. The normalized spacial score (nSPS) is 15.0. The Morgan fingerprint density at radius 1 is 1.16 bits per heavy atom. The average molecular weight is 331 g/mol. The van der Waals surface area contributed by atoms with E-state index in [1.807, 2.05) is 60.7 Å². The molecule has 6 heteroatoms.